The monoisotopic (exact) mass is 406 g/mol. The van der Waals surface area contributed by atoms with Crippen molar-refractivity contribution >= 4 is 58.8 Å². The fraction of sp³-hybridized carbons (Fsp3) is 0.273. The Hall–Kier alpha value is -0.000000000000000167. The lowest BCUT2D eigenvalue weighted by Crippen LogP contribution is -2.03. The number of benzene rings is 1. The van der Waals surface area contributed by atoms with Crippen molar-refractivity contribution in [2.45, 2.75) is 16.0 Å². The Morgan fingerprint density at radius 2 is 1.56 bits per heavy atom. The van der Waals surface area contributed by atoms with E-state index < -0.39 is 2.14 Å². The lowest BCUT2D eigenvalue weighted by molar-refractivity contribution is 1.13. The van der Waals surface area contributed by atoms with Crippen LogP contribution in [-0.2, 0) is 2.14 Å². The molecule has 0 fully saturated rings. The van der Waals surface area contributed by atoms with Gasteiger partial charge in [-0.05, 0) is 37.1 Å². The molecule has 0 unspecified atom stereocenters. The topological polar surface area (TPSA) is 25.8 Å². The highest BCUT2D eigenvalue weighted by Gasteiger charge is 2.23. The summed E-state index contributed by atoms with van der Waals surface area (Å²) in [5, 5.41) is 0. The van der Waals surface area contributed by atoms with Crippen molar-refractivity contribution in [1.82, 2.24) is 9.97 Å². The molecule has 2 rings (SSSR count). The maximum atomic E-state index is 4.55. The predicted octanol–water partition coefficient (Wildman–Crippen LogP) is 4.54. The van der Waals surface area contributed by atoms with Crippen LogP contribution < -0.4 is 0 Å². The van der Waals surface area contributed by atoms with Crippen molar-refractivity contribution in [3.63, 3.8) is 0 Å². The number of nitrogens with zero attached hydrogens (tertiary/aromatic N) is 2. The van der Waals surface area contributed by atoms with Gasteiger partial charge in [0.1, 0.15) is 0 Å². The van der Waals surface area contributed by atoms with E-state index in [0.29, 0.717) is 0 Å². The first kappa shape index (κ1) is 12.5. The van der Waals surface area contributed by atoms with E-state index >= 15 is 0 Å². The molecule has 0 aliphatic rings. The first-order chi connectivity index (χ1) is 7.38. The fourth-order valence-electron chi connectivity index (χ4n) is 1.40. The summed E-state index contributed by atoms with van der Waals surface area (Å²) in [4.78, 5) is 8.94. The SMILES string of the molecule is Cc1cc2ncc(C(Br)(Br)Br)nc2cc1C. The van der Waals surface area contributed by atoms with Gasteiger partial charge in [0.2, 0.25) is 0 Å². The maximum Gasteiger partial charge on any atom is 0.178 e. The molecule has 2 nitrogen and oxygen atoms in total. The van der Waals surface area contributed by atoms with Crippen molar-refractivity contribution < 1.29 is 0 Å². The number of halogens is 3. The molecule has 0 N–H and O–H groups in total. The second kappa shape index (κ2) is 4.35. The highest BCUT2D eigenvalue weighted by Crippen LogP contribution is 2.43. The van der Waals surface area contributed by atoms with E-state index in [4.69, 9.17) is 0 Å². The number of aromatic nitrogens is 2. The smallest absolute Gasteiger partial charge is 0.178 e. The second-order valence-corrected chi connectivity index (χ2v) is 10.4. The Balaban J connectivity index is 2.67. The molecule has 0 saturated carbocycles. The minimum Gasteiger partial charge on any atom is -0.253 e. The fourth-order valence-corrected chi connectivity index (χ4v) is 1.98. The molecular weight excluding hydrogens is 400 g/mol. The van der Waals surface area contributed by atoms with E-state index in [9.17, 15) is 0 Å². The molecule has 0 aliphatic heterocycles. The number of hydrogen-bond acceptors (Lipinski definition) is 2. The van der Waals surface area contributed by atoms with Gasteiger partial charge in [0.25, 0.3) is 0 Å². The zero-order valence-electron chi connectivity index (χ0n) is 8.76. The molecule has 0 saturated heterocycles. The minimum absolute atomic E-state index is 0.507. The highest BCUT2D eigenvalue weighted by atomic mass is 80.0. The van der Waals surface area contributed by atoms with Crippen LogP contribution >= 0.6 is 47.8 Å². The van der Waals surface area contributed by atoms with E-state index in [1.807, 2.05) is 0 Å². The summed E-state index contributed by atoms with van der Waals surface area (Å²) >= 11 is 10.3. The largest absolute Gasteiger partial charge is 0.253 e. The van der Waals surface area contributed by atoms with Gasteiger partial charge in [0.05, 0.1) is 22.9 Å². The Labute approximate surface area is 119 Å². The molecule has 2 aromatic rings. The van der Waals surface area contributed by atoms with Gasteiger partial charge in [-0.2, -0.15) is 0 Å². The quantitative estimate of drug-likeness (QED) is 0.598. The van der Waals surface area contributed by atoms with Gasteiger partial charge in [0, 0.05) is 0 Å². The van der Waals surface area contributed by atoms with Crippen LogP contribution in [0.25, 0.3) is 11.0 Å². The number of aryl methyl sites for hydroxylation is 2. The summed E-state index contributed by atoms with van der Waals surface area (Å²) in [5.74, 6) is 0. The third-order valence-electron chi connectivity index (χ3n) is 2.45. The molecule has 0 atom stereocenters. The Kier molecular flexibility index (Phi) is 3.39. The number of alkyl halides is 3. The average molecular weight is 409 g/mol. The lowest BCUT2D eigenvalue weighted by atomic mass is 10.1. The Morgan fingerprint density at radius 1 is 1.00 bits per heavy atom. The third-order valence-corrected chi connectivity index (χ3v) is 3.67. The minimum atomic E-state index is -0.507. The Morgan fingerprint density at radius 3 is 2.12 bits per heavy atom. The van der Waals surface area contributed by atoms with Crippen molar-refractivity contribution in [3.05, 3.63) is 35.2 Å². The molecule has 0 radical (unpaired) electrons. The van der Waals surface area contributed by atoms with Crippen LogP contribution in [0.5, 0.6) is 0 Å². The van der Waals surface area contributed by atoms with Gasteiger partial charge in [-0.25, -0.2) is 4.98 Å². The van der Waals surface area contributed by atoms with Crippen LogP contribution in [0, 0.1) is 13.8 Å². The van der Waals surface area contributed by atoms with E-state index in [1.54, 1.807) is 6.20 Å². The molecule has 1 aromatic heterocycles. The van der Waals surface area contributed by atoms with Gasteiger partial charge < -0.3 is 0 Å². The second-order valence-electron chi connectivity index (χ2n) is 3.68. The summed E-state index contributed by atoms with van der Waals surface area (Å²) in [5.41, 5.74) is 5.08. The summed E-state index contributed by atoms with van der Waals surface area (Å²) in [6, 6.07) is 4.11. The van der Waals surface area contributed by atoms with E-state index in [-0.39, 0.29) is 0 Å². The Bertz CT molecular complexity index is 547. The number of fused-ring (bicyclic) bond motifs is 1. The van der Waals surface area contributed by atoms with Gasteiger partial charge in [-0.15, -0.1) is 0 Å². The molecule has 0 bridgehead atoms. The molecule has 16 heavy (non-hydrogen) atoms. The summed E-state index contributed by atoms with van der Waals surface area (Å²) in [6.07, 6.45) is 1.75. The van der Waals surface area contributed by atoms with Crippen LogP contribution in [0.15, 0.2) is 18.3 Å². The van der Waals surface area contributed by atoms with Crippen molar-refractivity contribution in [3.8, 4) is 0 Å². The summed E-state index contributed by atoms with van der Waals surface area (Å²) < 4.78 is -0.507. The first-order valence-corrected chi connectivity index (χ1v) is 7.07. The summed E-state index contributed by atoms with van der Waals surface area (Å²) in [7, 11) is 0. The first-order valence-electron chi connectivity index (χ1n) is 4.69. The standard InChI is InChI=1S/C11H9Br3N2/c1-6-3-8-9(4-7(6)2)16-10(5-15-8)11(12,13)14/h3-5H,1-2H3. The van der Waals surface area contributed by atoms with Crippen LogP contribution in [0.3, 0.4) is 0 Å². The van der Waals surface area contributed by atoms with Crippen LogP contribution in [-0.4, -0.2) is 9.97 Å². The normalized spacial score (nSPS) is 12.1. The maximum absolute atomic E-state index is 4.55. The van der Waals surface area contributed by atoms with Crippen molar-refractivity contribution in [2.24, 2.45) is 0 Å². The molecule has 1 heterocycles. The number of hydrogen-bond donors (Lipinski definition) is 0. The zero-order chi connectivity index (χ0) is 11.9. The van der Waals surface area contributed by atoms with Gasteiger partial charge >= 0.3 is 0 Å². The molecule has 0 aliphatic carbocycles. The van der Waals surface area contributed by atoms with E-state index in [2.05, 4.69) is 83.7 Å². The van der Waals surface area contributed by atoms with Crippen molar-refractivity contribution in [1.29, 1.82) is 0 Å². The van der Waals surface area contributed by atoms with Crippen molar-refractivity contribution in [2.75, 3.05) is 0 Å². The highest BCUT2D eigenvalue weighted by molar-refractivity contribution is 9.38. The molecular formula is C11H9Br3N2. The average Bonchev–Trinajstić information content (AvgIpc) is 2.17. The van der Waals surface area contributed by atoms with Crippen LogP contribution in [0.1, 0.15) is 16.8 Å². The predicted molar refractivity (Wildman–Crippen MR) is 77.5 cm³/mol. The van der Waals surface area contributed by atoms with Crippen LogP contribution in [0.4, 0.5) is 0 Å². The van der Waals surface area contributed by atoms with E-state index in [0.717, 1.165) is 16.7 Å². The molecule has 1 aromatic carbocycles. The summed E-state index contributed by atoms with van der Waals surface area (Å²) in [6.45, 7) is 4.15. The van der Waals surface area contributed by atoms with E-state index in [1.165, 1.54) is 11.1 Å². The molecule has 0 spiro atoms. The zero-order valence-corrected chi connectivity index (χ0v) is 13.5. The molecule has 5 heteroatoms. The van der Waals surface area contributed by atoms with Crippen LogP contribution in [0.2, 0.25) is 0 Å². The van der Waals surface area contributed by atoms with Gasteiger partial charge in [-0.3, -0.25) is 4.98 Å². The van der Waals surface area contributed by atoms with Gasteiger partial charge in [0.15, 0.2) is 2.14 Å². The molecule has 84 valence electrons. The lowest BCUT2D eigenvalue weighted by Gasteiger charge is -2.12. The number of rotatable bonds is 0. The van der Waals surface area contributed by atoms with Gasteiger partial charge in [-0.1, -0.05) is 47.8 Å². The molecule has 0 amide bonds. The third kappa shape index (κ3) is 2.46.